The van der Waals surface area contributed by atoms with Crippen LogP contribution in [0.5, 0.6) is 0 Å². The number of halogens is 2. The lowest BCUT2D eigenvalue weighted by atomic mass is 10.4. The number of benzene rings is 1. The van der Waals surface area contributed by atoms with Crippen LogP contribution in [-0.2, 0) is 10.0 Å². The van der Waals surface area contributed by atoms with E-state index in [-0.39, 0.29) is 17.3 Å². The Labute approximate surface area is 99.4 Å². The molecule has 0 aliphatic heterocycles. The molecule has 1 atom stereocenters. The molecule has 0 bridgehead atoms. The summed E-state index contributed by atoms with van der Waals surface area (Å²) in [6.45, 7) is 0.127. The van der Waals surface area contributed by atoms with E-state index >= 15 is 0 Å². The summed E-state index contributed by atoms with van der Waals surface area (Å²) in [6, 6.07) is 8.11. The number of alkyl halides is 2. The molecule has 1 aromatic rings. The molecule has 0 amide bonds. The first-order valence-corrected chi connectivity index (χ1v) is 6.76. The lowest BCUT2D eigenvalue weighted by Crippen LogP contribution is -2.30. The van der Waals surface area contributed by atoms with Gasteiger partial charge in [-0.2, -0.15) is 0 Å². The van der Waals surface area contributed by atoms with E-state index in [9.17, 15) is 8.42 Å². The lowest BCUT2D eigenvalue weighted by molar-refractivity contribution is 0.581. The minimum Gasteiger partial charge on any atom is -0.210 e. The Morgan fingerprint density at radius 2 is 1.87 bits per heavy atom. The van der Waals surface area contributed by atoms with E-state index < -0.39 is 15.4 Å². The highest BCUT2D eigenvalue weighted by atomic mass is 35.5. The summed E-state index contributed by atoms with van der Waals surface area (Å²) in [7, 11) is -3.46. The standard InChI is InChI=1S/C9H11Cl2NO2S/c10-6-8(11)7-12-15(13,14)9-4-2-1-3-5-9/h1-5,8,12H,6-7H2/t8-/m0/s1. The maximum absolute atomic E-state index is 11.6. The van der Waals surface area contributed by atoms with Crippen LogP contribution in [0.3, 0.4) is 0 Å². The number of hydrogen-bond donors (Lipinski definition) is 1. The van der Waals surface area contributed by atoms with Gasteiger partial charge in [0.1, 0.15) is 0 Å². The van der Waals surface area contributed by atoms with Crippen molar-refractivity contribution in [3.8, 4) is 0 Å². The molecule has 1 aromatic carbocycles. The van der Waals surface area contributed by atoms with E-state index in [0.29, 0.717) is 0 Å². The number of nitrogens with one attached hydrogen (secondary N) is 1. The number of sulfonamides is 1. The van der Waals surface area contributed by atoms with Crippen molar-refractivity contribution in [1.82, 2.24) is 4.72 Å². The minimum atomic E-state index is -3.46. The fraction of sp³-hybridized carbons (Fsp3) is 0.333. The third-order valence-corrected chi connectivity index (χ3v) is 3.99. The monoisotopic (exact) mass is 267 g/mol. The van der Waals surface area contributed by atoms with Gasteiger partial charge in [-0.1, -0.05) is 18.2 Å². The normalized spacial score (nSPS) is 13.7. The zero-order valence-electron chi connectivity index (χ0n) is 7.86. The summed E-state index contributed by atoms with van der Waals surface area (Å²) in [6.07, 6.45) is 0. The molecule has 0 radical (unpaired) electrons. The average molecular weight is 268 g/mol. The van der Waals surface area contributed by atoms with Gasteiger partial charge in [0.25, 0.3) is 0 Å². The van der Waals surface area contributed by atoms with Gasteiger partial charge in [-0.15, -0.1) is 23.2 Å². The highest BCUT2D eigenvalue weighted by Gasteiger charge is 2.14. The molecular formula is C9H11Cl2NO2S. The zero-order chi connectivity index (χ0) is 11.3. The number of rotatable bonds is 5. The van der Waals surface area contributed by atoms with E-state index in [1.165, 1.54) is 12.1 Å². The molecule has 0 heterocycles. The molecule has 15 heavy (non-hydrogen) atoms. The Kier molecular flexibility index (Phi) is 4.86. The van der Waals surface area contributed by atoms with Crippen LogP contribution in [0, 0.1) is 0 Å². The van der Waals surface area contributed by atoms with Crippen molar-refractivity contribution in [2.75, 3.05) is 12.4 Å². The van der Waals surface area contributed by atoms with Gasteiger partial charge < -0.3 is 0 Å². The second kappa shape index (κ2) is 5.70. The maximum Gasteiger partial charge on any atom is 0.240 e. The first kappa shape index (κ1) is 12.8. The Hall–Kier alpha value is -0.290. The Morgan fingerprint density at radius 1 is 1.27 bits per heavy atom. The summed E-state index contributed by atoms with van der Waals surface area (Å²) in [4.78, 5) is 0.225. The maximum atomic E-state index is 11.6. The molecule has 1 N–H and O–H groups in total. The molecule has 0 saturated heterocycles. The van der Waals surface area contributed by atoms with Gasteiger partial charge in [0.05, 0.1) is 10.3 Å². The highest BCUT2D eigenvalue weighted by Crippen LogP contribution is 2.07. The van der Waals surface area contributed by atoms with Crippen LogP contribution in [-0.4, -0.2) is 26.2 Å². The van der Waals surface area contributed by atoms with Gasteiger partial charge in [-0.05, 0) is 12.1 Å². The third-order valence-electron chi connectivity index (χ3n) is 1.72. The van der Waals surface area contributed by atoms with Gasteiger partial charge in [0.15, 0.2) is 0 Å². The summed E-state index contributed by atoms with van der Waals surface area (Å²) in [5, 5.41) is -0.398. The van der Waals surface area contributed by atoms with E-state index in [1.54, 1.807) is 18.2 Å². The minimum absolute atomic E-state index is 0.127. The quantitative estimate of drug-likeness (QED) is 0.828. The van der Waals surface area contributed by atoms with E-state index in [0.717, 1.165) is 0 Å². The van der Waals surface area contributed by atoms with Gasteiger partial charge in [-0.25, -0.2) is 13.1 Å². The largest absolute Gasteiger partial charge is 0.240 e. The second-order valence-electron chi connectivity index (χ2n) is 2.92. The van der Waals surface area contributed by atoms with Gasteiger partial charge in [0.2, 0.25) is 10.0 Å². The van der Waals surface area contributed by atoms with Crippen LogP contribution in [0.2, 0.25) is 0 Å². The topological polar surface area (TPSA) is 46.2 Å². The Morgan fingerprint density at radius 3 is 2.40 bits per heavy atom. The first-order chi connectivity index (χ1) is 7.06. The summed E-state index contributed by atoms with van der Waals surface area (Å²) in [5.74, 6) is 0.207. The van der Waals surface area contributed by atoms with Crippen molar-refractivity contribution >= 4 is 33.2 Å². The Bertz CT molecular complexity index is 394. The molecule has 1 rings (SSSR count). The third kappa shape index (κ3) is 3.99. The van der Waals surface area contributed by atoms with Crippen molar-refractivity contribution in [3.63, 3.8) is 0 Å². The molecule has 0 aromatic heterocycles. The summed E-state index contributed by atoms with van der Waals surface area (Å²) < 4.78 is 25.7. The first-order valence-electron chi connectivity index (χ1n) is 4.31. The van der Waals surface area contributed by atoms with Crippen LogP contribution in [0.15, 0.2) is 35.2 Å². The van der Waals surface area contributed by atoms with Crippen molar-refractivity contribution in [3.05, 3.63) is 30.3 Å². The van der Waals surface area contributed by atoms with Crippen LogP contribution < -0.4 is 4.72 Å². The van der Waals surface area contributed by atoms with E-state index in [1.807, 2.05) is 0 Å². The second-order valence-corrected chi connectivity index (χ2v) is 5.61. The molecule has 0 spiro atoms. The molecule has 0 aliphatic rings. The molecular weight excluding hydrogens is 257 g/mol. The van der Waals surface area contributed by atoms with Crippen molar-refractivity contribution in [1.29, 1.82) is 0 Å². The lowest BCUT2D eigenvalue weighted by Gasteiger charge is -2.08. The average Bonchev–Trinajstić information content (AvgIpc) is 2.27. The Balaban J connectivity index is 2.69. The van der Waals surface area contributed by atoms with Crippen LogP contribution >= 0.6 is 23.2 Å². The molecule has 0 fully saturated rings. The van der Waals surface area contributed by atoms with Crippen LogP contribution in [0.1, 0.15) is 0 Å². The predicted molar refractivity (Wildman–Crippen MR) is 62.0 cm³/mol. The van der Waals surface area contributed by atoms with Crippen molar-refractivity contribution < 1.29 is 8.42 Å². The number of hydrogen-bond acceptors (Lipinski definition) is 2. The molecule has 0 aliphatic carbocycles. The fourth-order valence-corrected chi connectivity index (χ4v) is 2.32. The van der Waals surface area contributed by atoms with Gasteiger partial charge in [0, 0.05) is 12.4 Å². The van der Waals surface area contributed by atoms with Crippen molar-refractivity contribution in [2.45, 2.75) is 10.3 Å². The molecule has 6 heteroatoms. The molecule has 3 nitrogen and oxygen atoms in total. The smallest absolute Gasteiger partial charge is 0.210 e. The highest BCUT2D eigenvalue weighted by molar-refractivity contribution is 7.89. The van der Waals surface area contributed by atoms with Crippen LogP contribution in [0.25, 0.3) is 0 Å². The van der Waals surface area contributed by atoms with E-state index in [4.69, 9.17) is 23.2 Å². The summed E-state index contributed by atoms with van der Waals surface area (Å²) in [5.41, 5.74) is 0. The molecule has 0 unspecified atom stereocenters. The molecule has 0 saturated carbocycles. The fourth-order valence-electron chi connectivity index (χ4n) is 0.938. The SMILES string of the molecule is O=S(=O)(NC[C@@H](Cl)CCl)c1ccccc1. The summed E-state index contributed by atoms with van der Waals surface area (Å²) >= 11 is 11.2. The zero-order valence-corrected chi connectivity index (χ0v) is 10.2. The molecule has 84 valence electrons. The van der Waals surface area contributed by atoms with Crippen LogP contribution in [0.4, 0.5) is 0 Å². The van der Waals surface area contributed by atoms with Gasteiger partial charge >= 0.3 is 0 Å². The van der Waals surface area contributed by atoms with Crippen molar-refractivity contribution in [2.24, 2.45) is 0 Å². The van der Waals surface area contributed by atoms with E-state index in [2.05, 4.69) is 4.72 Å². The predicted octanol–water partition coefficient (Wildman–Crippen LogP) is 1.81. The van der Waals surface area contributed by atoms with Gasteiger partial charge in [-0.3, -0.25) is 0 Å².